The van der Waals surface area contributed by atoms with E-state index in [2.05, 4.69) is 23.8 Å². The fraction of sp³-hybridized carbons (Fsp3) is 1.00. The molecule has 1 aliphatic heterocycles. The predicted octanol–water partition coefficient (Wildman–Crippen LogP) is 1.28. The average molecular weight is 225 g/mol. The number of piperidine rings is 1. The Bertz CT molecular complexity index is 212. The maximum atomic E-state index is 5.98. The molecule has 1 aliphatic carbocycles. The minimum atomic E-state index is 0.360. The fourth-order valence-electron chi connectivity index (χ4n) is 3.30. The molecule has 3 nitrogen and oxygen atoms in total. The van der Waals surface area contributed by atoms with Crippen molar-refractivity contribution in [1.82, 2.24) is 9.80 Å². The van der Waals surface area contributed by atoms with Crippen molar-refractivity contribution < 1.29 is 0 Å². The summed E-state index contributed by atoms with van der Waals surface area (Å²) in [6.45, 7) is 6.85. The Morgan fingerprint density at radius 2 is 1.94 bits per heavy atom. The average Bonchev–Trinajstić information content (AvgIpc) is 2.28. The molecule has 0 aromatic carbocycles. The van der Waals surface area contributed by atoms with Crippen molar-refractivity contribution in [3.05, 3.63) is 0 Å². The van der Waals surface area contributed by atoms with E-state index in [1.165, 1.54) is 51.7 Å². The van der Waals surface area contributed by atoms with Crippen molar-refractivity contribution in [1.29, 1.82) is 0 Å². The molecule has 3 heteroatoms. The van der Waals surface area contributed by atoms with E-state index in [0.717, 1.165) is 12.6 Å². The van der Waals surface area contributed by atoms with Gasteiger partial charge in [-0.3, -0.25) is 4.90 Å². The van der Waals surface area contributed by atoms with Crippen molar-refractivity contribution in [2.45, 2.75) is 50.6 Å². The topological polar surface area (TPSA) is 32.5 Å². The van der Waals surface area contributed by atoms with Crippen molar-refractivity contribution in [2.75, 3.05) is 33.2 Å². The minimum Gasteiger partial charge on any atom is -0.329 e. The maximum Gasteiger partial charge on any atom is 0.0331 e. The van der Waals surface area contributed by atoms with E-state index in [1.807, 2.05) is 0 Å². The molecular formula is C13H27N3. The molecule has 0 bridgehead atoms. The van der Waals surface area contributed by atoms with Gasteiger partial charge in [0.15, 0.2) is 0 Å². The Balaban J connectivity index is 1.88. The van der Waals surface area contributed by atoms with Crippen LogP contribution in [0.15, 0.2) is 0 Å². The highest BCUT2D eigenvalue weighted by molar-refractivity contribution is 5.00. The summed E-state index contributed by atoms with van der Waals surface area (Å²) in [5, 5.41) is 0. The van der Waals surface area contributed by atoms with E-state index in [4.69, 9.17) is 5.73 Å². The van der Waals surface area contributed by atoms with Gasteiger partial charge in [0.2, 0.25) is 0 Å². The lowest BCUT2D eigenvalue weighted by atomic mass is 9.74. The second-order valence-electron chi connectivity index (χ2n) is 5.56. The van der Waals surface area contributed by atoms with Gasteiger partial charge in [0.05, 0.1) is 0 Å². The molecule has 0 spiro atoms. The molecule has 2 N–H and O–H groups in total. The Morgan fingerprint density at radius 3 is 2.31 bits per heavy atom. The van der Waals surface area contributed by atoms with Crippen molar-refractivity contribution in [3.63, 3.8) is 0 Å². The first-order chi connectivity index (χ1) is 7.72. The number of nitrogens with two attached hydrogens (primary N) is 1. The van der Waals surface area contributed by atoms with Gasteiger partial charge >= 0.3 is 0 Å². The number of likely N-dealkylation sites (N-methyl/N-ethyl adjacent to an activating group) is 1. The highest BCUT2D eigenvalue weighted by Crippen LogP contribution is 2.38. The number of hydrogen-bond acceptors (Lipinski definition) is 3. The number of nitrogens with zero attached hydrogens (tertiary/aromatic N) is 2. The number of hydrogen-bond donors (Lipinski definition) is 1. The van der Waals surface area contributed by atoms with E-state index in [-0.39, 0.29) is 0 Å². The van der Waals surface area contributed by atoms with Gasteiger partial charge in [-0.15, -0.1) is 0 Å². The Labute approximate surface area is 100.0 Å². The lowest BCUT2D eigenvalue weighted by Gasteiger charge is -2.52. The third-order valence-corrected chi connectivity index (χ3v) is 4.96. The lowest BCUT2D eigenvalue weighted by molar-refractivity contribution is -0.00976. The molecule has 0 atom stereocenters. The summed E-state index contributed by atoms with van der Waals surface area (Å²) in [4.78, 5) is 5.17. The first-order valence-electron chi connectivity index (χ1n) is 6.87. The van der Waals surface area contributed by atoms with Gasteiger partial charge in [0.1, 0.15) is 0 Å². The van der Waals surface area contributed by atoms with Crippen molar-refractivity contribution >= 4 is 0 Å². The third kappa shape index (κ3) is 2.13. The first-order valence-corrected chi connectivity index (χ1v) is 6.87. The van der Waals surface area contributed by atoms with Crippen LogP contribution in [-0.4, -0.2) is 54.6 Å². The molecule has 2 rings (SSSR count). The molecule has 1 heterocycles. The molecule has 94 valence electrons. The van der Waals surface area contributed by atoms with E-state index >= 15 is 0 Å². The molecule has 16 heavy (non-hydrogen) atoms. The molecule has 2 fully saturated rings. The van der Waals surface area contributed by atoms with Crippen LogP contribution in [-0.2, 0) is 0 Å². The molecule has 0 amide bonds. The van der Waals surface area contributed by atoms with Gasteiger partial charge in [0.25, 0.3) is 0 Å². The minimum absolute atomic E-state index is 0.360. The molecule has 1 saturated heterocycles. The van der Waals surface area contributed by atoms with E-state index < -0.39 is 0 Å². The number of rotatable bonds is 4. The summed E-state index contributed by atoms with van der Waals surface area (Å²) in [7, 11) is 2.30. The first kappa shape index (κ1) is 12.3. The second-order valence-corrected chi connectivity index (χ2v) is 5.56. The Morgan fingerprint density at radius 1 is 1.31 bits per heavy atom. The second kappa shape index (κ2) is 5.03. The third-order valence-electron chi connectivity index (χ3n) is 4.96. The maximum absolute atomic E-state index is 5.98. The smallest absolute Gasteiger partial charge is 0.0331 e. The predicted molar refractivity (Wildman–Crippen MR) is 68.5 cm³/mol. The highest BCUT2D eigenvalue weighted by atomic mass is 15.2. The van der Waals surface area contributed by atoms with Crippen LogP contribution in [0.25, 0.3) is 0 Å². The molecule has 0 aromatic heterocycles. The van der Waals surface area contributed by atoms with Gasteiger partial charge in [-0.2, -0.15) is 0 Å². The molecule has 0 unspecified atom stereocenters. The van der Waals surface area contributed by atoms with E-state index in [9.17, 15) is 0 Å². The van der Waals surface area contributed by atoms with Crippen LogP contribution in [0.3, 0.4) is 0 Å². The van der Waals surface area contributed by atoms with Crippen LogP contribution in [0.2, 0.25) is 0 Å². The zero-order valence-electron chi connectivity index (χ0n) is 10.9. The van der Waals surface area contributed by atoms with Gasteiger partial charge < -0.3 is 10.6 Å². The van der Waals surface area contributed by atoms with Crippen LogP contribution in [0.5, 0.6) is 0 Å². The largest absolute Gasteiger partial charge is 0.329 e. The Kier molecular flexibility index (Phi) is 3.88. The molecular weight excluding hydrogens is 198 g/mol. The standard InChI is InChI=1S/C13H27N3/c1-3-16-9-5-12(6-10-16)15(2)13(11-14)7-4-8-13/h12H,3-11,14H2,1-2H3. The van der Waals surface area contributed by atoms with Gasteiger partial charge in [-0.1, -0.05) is 6.92 Å². The summed E-state index contributed by atoms with van der Waals surface area (Å²) in [6, 6.07) is 0.770. The van der Waals surface area contributed by atoms with Crippen LogP contribution < -0.4 is 5.73 Å². The number of likely N-dealkylation sites (tertiary alicyclic amines) is 1. The summed E-state index contributed by atoms with van der Waals surface area (Å²) < 4.78 is 0. The van der Waals surface area contributed by atoms with Crippen molar-refractivity contribution in [3.8, 4) is 0 Å². The van der Waals surface area contributed by atoms with Crippen LogP contribution in [0, 0.1) is 0 Å². The summed E-state index contributed by atoms with van der Waals surface area (Å²) >= 11 is 0. The molecule has 0 aromatic rings. The zero-order chi connectivity index (χ0) is 11.6. The molecule has 1 saturated carbocycles. The normalized spacial score (nSPS) is 27.0. The zero-order valence-corrected chi connectivity index (χ0v) is 10.9. The highest BCUT2D eigenvalue weighted by Gasteiger charge is 2.42. The monoisotopic (exact) mass is 225 g/mol. The van der Waals surface area contributed by atoms with Crippen molar-refractivity contribution in [2.24, 2.45) is 5.73 Å². The fourth-order valence-corrected chi connectivity index (χ4v) is 3.30. The van der Waals surface area contributed by atoms with Gasteiger partial charge in [0, 0.05) is 18.1 Å². The van der Waals surface area contributed by atoms with E-state index in [0.29, 0.717) is 5.54 Å². The SMILES string of the molecule is CCN1CCC(N(C)C2(CN)CCC2)CC1. The summed E-state index contributed by atoms with van der Waals surface area (Å²) in [6.07, 6.45) is 6.65. The van der Waals surface area contributed by atoms with Crippen LogP contribution >= 0.6 is 0 Å². The summed E-state index contributed by atoms with van der Waals surface area (Å²) in [5.41, 5.74) is 6.34. The Hall–Kier alpha value is -0.120. The van der Waals surface area contributed by atoms with Gasteiger partial charge in [-0.25, -0.2) is 0 Å². The molecule has 2 aliphatic rings. The summed E-state index contributed by atoms with van der Waals surface area (Å²) in [5.74, 6) is 0. The lowest BCUT2D eigenvalue weighted by Crippen LogP contribution is -2.61. The quantitative estimate of drug-likeness (QED) is 0.782. The molecule has 0 radical (unpaired) electrons. The van der Waals surface area contributed by atoms with Crippen LogP contribution in [0.1, 0.15) is 39.0 Å². The van der Waals surface area contributed by atoms with E-state index in [1.54, 1.807) is 0 Å². The van der Waals surface area contributed by atoms with Gasteiger partial charge in [-0.05, 0) is 58.8 Å². The van der Waals surface area contributed by atoms with Crippen LogP contribution in [0.4, 0.5) is 0 Å².